The number of aromatic nitrogens is 4. The van der Waals surface area contributed by atoms with Gasteiger partial charge in [-0.2, -0.15) is 0 Å². The zero-order chi connectivity index (χ0) is 19.8. The molecule has 0 amide bonds. The molecule has 1 spiro atoms. The van der Waals surface area contributed by atoms with E-state index in [-0.39, 0.29) is 5.56 Å². The highest BCUT2D eigenvalue weighted by atomic mass is 16.7. The van der Waals surface area contributed by atoms with E-state index in [4.69, 9.17) is 14.5 Å². The maximum Gasteiger partial charge on any atom is 0.261 e. The van der Waals surface area contributed by atoms with Crippen molar-refractivity contribution < 1.29 is 9.47 Å². The SMILES string of the molecule is Cc1ncc(C#Cc2ccc3c(=O)n4c(nc3c2)CCC2(CC4)OCCO2)cn1. The molecule has 0 atom stereocenters. The normalized spacial score (nSPS) is 17.6. The van der Waals surface area contributed by atoms with E-state index in [1.165, 1.54) is 0 Å². The highest BCUT2D eigenvalue weighted by Crippen LogP contribution is 2.31. The van der Waals surface area contributed by atoms with Gasteiger partial charge in [0.05, 0.1) is 29.7 Å². The first-order valence-electron chi connectivity index (χ1n) is 9.74. The molecule has 2 aromatic heterocycles. The Kier molecular flexibility index (Phi) is 4.38. The minimum Gasteiger partial charge on any atom is -0.347 e. The van der Waals surface area contributed by atoms with Gasteiger partial charge in [0.25, 0.3) is 5.56 Å². The topological polar surface area (TPSA) is 79.1 Å². The van der Waals surface area contributed by atoms with Crippen molar-refractivity contribution in [3.63, 3.8) is 0 Å². The molecular weight excluding hydrogens is 368 g/mol. The molecule has 146 valence electrons. The number of ether oxygens (including phenoxy) is 2. The van der Waals surface area contributed by atoms with Crippen molar-refractivity contribution in [2.24, 2.45) is 0 Å². The van der Waals surface area contributed by atoms with Gasteiger partial charge in [0.15, 0.2) is 5.79 Å². The summed E-state index contributed by atoms with van der Waals surface area (Å²) < 4.78 is 13.4. The maximum absolute atomic E-state index is 13.0. The summed E-state index contributed by atoms with van der Waals surface area (Å²) in [5.41, 5.74) is 2.18. The molecule has 1 saturated heterocycles. The van der Waals surface area contributed by atoms with Crippen molar-refractivity contribution in [2.45, 2.75) is 38.5 Å². The van der Waals surface area contributed by atoms with E-state index in [0.717, 1.165) is 17.0 Å². The number of aryl methyl sites for hydroxylation is 2. The van der Waals surface area contributed by atoms with Crippen LogP contribution in [0.15, 0.2) is 35.4 Å². The van der Waals surface area contributed by atoms with Gasteiger partial charge in [-0.15, -0.1) is 0 Å². The highest BCUT2D eigenvalue weighted by Gasteiger charge is 2.38. The van der Waals surface area contributed by atoms with E-state index >= 15 is 0 Å². The van der Waals surface area contributed by atoms with Crippen LogP contribution in [-0.4, -0.2) is 38.5 Å². The Balaban J connectivity index is 1.50. The summed E-state index contributed by atoms with van der Waals surface area (Å²) in [6.45, 7) is 3.59. The van der Waals surface area contributed by atoms with Crippen LogP contribution in [0.25, 0.3) is 10.9 Å². The molecule has 2 aliphatic rings. The van der Waals surface area contributed by atoms with E-state index in [0.29, 0.717) is 55.7 Å². The van der Waals surface area contributed by atoms with E-state index < -0.39 is 5.79 Å². The van der Waals surface area contributed by atoms with Crippen molar-refractivity contribution in [3.8, 4) is 11.8 Å². The second-order valence-electron chi connectivity index (χ2n) is 7.34. The zero-order valence-electron chi connectivity index (χ0n) is 16.1. The number of nitrogens with zero attached hydrogens (tertiary/aromatic N) is 4. The van der Waals surface area contributed by atoms with Gasteiger partial charge in [-0.05, 0) is 25.1 Å². The molecule has 29 heavy (non-hydrogen) atoms. The molecule has 0 aliphatic carbocycles. The predicted molar refractivity (Wildman–Crippen MR) is 106 cm³/mol. The Morgan fingerprint density at radius 1 is 1.07 bits per heavy atom. The number of hydrogen-bond donors (Lipinski definition) is 0. The second kappa shape index (κ2) is 7.07. The highest BCUT2D eigenvalue weighted by molar-refractivity contribution is 5.79. The average molecular weight is 388 g/mol. The molecular formula is C22H20N4O3. The van der Waals surface area contributed by atoms with Crippen LogP contribution in [-0.2, 0) is 22.4 Å². The Morgan fingerprint density at radius 2 is 1.83 bits per heavy atom. The van der Waals surface area contributed by atoms with Gasteiger partial charge in [-0.1, -0.05) is 11.8 Å². The third-order valence-corrected chi connectivity index (χ3v) is 5.43. The lowest BCUT2D eigenvalue weighted by atomic mass is 10.1. The van der Waals surface area contributed by atoms with E-state index in [2.05, 4.69) is 21.8 Å². The molecule has 0 bridgehead atoms. The molecule has 0 N–H and O–H groups in total. The van der Waals surface area contributed by atoms with Gasteiger partial charge in [0.1, 0.15) is 11.6 Å². The lowest BCUT2D eigenvalue weighted by molar-refractivity contribution is -0.165. The Hall–Kier alpha value is -3.08. The molecule has 0 saturated carbocycles. The molecule has 5 rings (SSSR count). The smallest absolute Gasteiger partial charge is 0.261 e. The number of fused-ring (bicyclic) bond motifs is 2. The fraction of sp³-hybridized carbons (Fsp3) is 0.364. The van der Waals surface area contributed by atoms with Crippen molar-refractivity contribution in [1.29, 1.82) is 0 Å². The largest absolute Gasteiger partial charge is 0.347 e. The van der Waals surface area contributed by atoms with Crippen molar-refractivity contribution in [3.05, 3.63) is 63.7 Å². The Labute approximate surface area is 167 Å². The number of rotatable bonds is 0. The molecule has 7 nitrogen and oxygen atoms in total. The summed E-state index contributed by atoms with van der Waals surface area (Å²) in [6.07, 6.45) is 5.41. The summed E-state index contributed by atoms with van der Waals surface area (Å²) in [5.74, 6) is 7.07. The monoisotopic (exact) mass is 388 g/mol. The molecule has 2 aliphatic heterocycles. The maximum atomic E-state index is 13.0. The summed E-state index contributed by atoms with van der Waals surface area (Å²) in [5, 5.41) is 0.599. The van der Waals surface area contributed by atoms with Gasteiger partial charge in [-0.3, -0.25) is 9.36 Å². The fourth-order valence-electron chi connectivity index (χ4n) is 3.86. The van der Waals surface area contributed by atoms with Gasteiger partial charge in [0, 0.05) is 43.8 Å². The second-order valence-corrected chi connectivity index (χ2v) is 7.34. The molecule has 0 unspecified atom stereocenters. The van der Waals surface area contributed by atoms with Crippen LogP contribution < -0.4 is 5.56 Å². The summed E-state index contributed by atoms with van der Waals surface area (Å²) >= 11 is 0. The van der Waals surface area contributed by atoms with Crippen LogP contribution in [0.2, 0.25) is 0 Å². The van der Waals surface area contributed by atoms with Crippen LogP contribution >= 0.6 is 0 Å². The zero-order valence-corrected chi connectivity index (χ0v) is 16.1. The minimum atomic E-state index is -0.570. The average Bonchev–Trinajstić information content (AvgIpc) is 3.12. The first-order valence-corrected chi connectivity index (χ1v) is 9.74. The van der Waals surface area contributed by atoms with E-state index in [9.17, 15) is 4.79 Å². The molecule has 7 heteroatoms. The first kappa shape index (κ1) is 18.0. The summed E-state index contributed by atoms with van der Waals surface area (Å²) in [7, 11) is 0. The minimum absolute atomic E-state index is 0.0218. The standard InChI is InChI=1S/C22H20N4O3/c1-15-23-13-17(14-24-15)3-2-16-4-5-18-19(12-16)25-20-6-7-22(28-10-11-29-22)8-9-26(20)21(18)27/h4-5,12-14H,6-11H2,1H3. The van der Waals surface area contributed by atoms with Gasteiger partial charge < -0.3 is 9.47 Å². The summed E-state index contributed by atoms with van der Waals surface area (Å²) in [6, 6.07) is 5.52. The Morgan fingerprint density at radius 3 is 2.62 bits per heavy atom. The van der Waals surface area contributed by atoms with Crippen LogP contribution in [0.1, 0.15) is 35.6 Å². The van der Waals surface area contributed by atoms with Crippen LogP contribution in [0.3, 0.4) is 0 Å². The summed E-state index contributed by atoms with van der Waals surface area (Å²) in [4.78, 5) is 26.1. The third kappa shape index (κ3) is 3.41. The van der Waals surface area contributed by atoms with Crippen molar-refractivity contribution >= 4 is 10.9 Å². The number of hydrogen-bond acceptors (Lipinski definition) is 6. The van der Waals surface area contributed by atoms with Crippen molar-refractivity contribution in [1.82, 2.24) is 19.5 Å². The molecule has 4 heterocycles. The predicted octanol–water partition coefficient (Wildman–Crippen LogP) is 1.97. The fourth-order valence-corrected chi connectivity index (χ4v) is 3.86. The third-order valence-electron chi connectivity index (χ3n) is 5.43. The Bertz CT molecular complexity index is 1200. The van der Waals surface area contributed by atoms with Gasteiger partial charge in [-0.25, -0.2) is 15.0 Å². The van der Waals surface area contributed by atoms with E-state index in [1.807, 2.05) is 19.1 Å². The van der Waals surface area contributed by atoms with Crippen LogP contribution in [0.5, 0.6) is 0 Å². The van der Waals surface area contributed by atoms with Crippen LogP contribution in [0, 0.1) is 18.8 Å². The molecule has 3 aromatic rings. The quantitative estimate of drug-likeness (QED) is 0.548. The van der Waals surface area contributed by atoms with E-state index in [1.54, 1.807) is 23.0 Å². The molecule has 1 fully saturated rings. The first-order chi connectivity index (χ1) is 14.1. The molecule has 1 aromatic carbocycles. The van der Waals surface area contributed by atoms with Crippen LogP contribution in [0.4, 0.5) is 0 Å². The number of benzene rings is 1. The van der Waals surface area contributed by atoms with Crippen molar-refractivity contribution in [2.75, 3.05) is 13.2 Å². The van der Waals surface area contributed by atoms with Gasteiger partial charge >= 0.3 is 0 Å². The van der Waals surface area contributed by atoms with Gasteiger partial charge in [0.2, 0.25) is 0 Å². The lowest BCUT2D eigenvalue weighted by Crippen LogP contribution is -2.31. The molecule has 0 radical (unpaired) electrons. The lowest BCUT2D eigenvalue weighted by Gasteiger charge is -2.24.